The molecule has 1 unspecified atom stereocenters. The number of imide groups is 2. The standard InChI is InChI=1S/C45H55N11O9/c1-52(2)43(61)35-26-29-27-47-45(51-40(29)55(35)30-6-3-4-7-30)49-36-12-10-31(28-46-36)54-17-15-53(16-18-54)19-21-64-23-25-65-24-22-63-20-14-38(58)48-33-9-5-8-32-39(33)44(62)56(42(32)60)34-11-13-37(57)50-41(34)59/h5,8-10,12,26-28,30,34H,3-4,6-7,11,13-25H2,1-2H3,(H,48,58)(H,50,57,59)(H,46,47,49,51). The molecule has 0 radical (unpaired) electrons. The number of hydrogen-bond acceptors (Lipinski definition) is 15. The molecule has 8 rings (SSSR count). The number of carbonyl (C=O) groups excluding carboxylic acids is 6. The first kappa shape index (κ1) is 45.2. The van der Waals surface area contributed by atoms with Gasteiger partial charge in [-0.05, 0) is 49.6 Å². The van der Waals surface area contributed by atoms with Crippen molar-refractivity contribution >= 4 is 69.6 Å². The molecule has 65 heavy (non-hydrogen) atoms. The van der Waals surface area contributed by atoms with Crippen molar-refractivity contribution in [3.8, 4) is 0 Å². The third-order valence-electron chi connectivity index (χ3n) is 12.1. The number of nitrogens with one attached hydrogen (secondary N) is 3. The average Bonchev–Trinajstić information content (AvgIpc) is 4.03. The molecule has 0 spiro atoms. The Labute approximate surface area is 375 Å². The van der Waals surface area contributed by atoms with E-state index < -0.39 is 35.6 Å². The zero-order valence-electron chi connectivity index (χ0n) is 36.8. The molecule has 20 nitrogen and oxygen atoms in total. The van der Waals surface area contributed by atoms with Crippen molar-refractivity contribution in [2.45, 2.75) is 57.0 Å². The van der Waals surface area contributed by atoms with E-state index in [-0.39, 0.29) is 61.2 Å². The Kier molecular flexibility index (Phi) is 14.4. The van der Waals surface area contributed by atoms with Gasteiger partial charge in [-0.25, -0.2) is 9.97 Å². The van der Waals surface area contributed by atoms with Crippen molar-refractivity contribution < 1.29 is 43.0 Å². The van der Waals surface area contributed by atoms with Crippen LogP contribution in [-0.4, -0.2) is 162 Å². The van der Waals surface area contributed by atoms with Crippen molar-refractivity contribution in [2.24, 2.45) is 0 Å². The molecule has 1 aromatic carbocycles. The van der Waals surface area contributed by atoms with E-state index in [2.05, 4.69) is 46.4 Å². The second kappa shape index (κ2) is 20.7. The lowest BCUT2D eigenvalue weighted by Gasteiger charge is -2.35. The number of aromatic nitrogens is 4. The maximum Gasteiger partial charge on any atom is 0.270 e. The first-order chi connectivity index (χ1) is 31.5. The normalized spacial score (nSPS) is 18.1. The molecular weight excluding hydrogens is 839 g/mol. The number of hydrogen-bond donors (Lipinski definition) is 3. The quantitative estimate of drug-likeness (QED) is 0.0910. The van der Waals surface area contributed by atoms with Crippen LogP contribution in [0.4, 0.5) is 23.1 Å². The van der Waals surface area contributed by atoms with Crippen molar-refractivity contribution in [3.63, 3.8) is 0 Å². The second-order valence-corrected chi connectivity index (χ2v) is 16.7. The molecule has 344 valence electrons. The lowest BCUT2D eigenvalue weighted by atomic mass is 10.0. The van der Waals surface area contributed by atoms with Crippen LogP contribution in [0, 0.1) is 0 Å². The highest BCUT2D eigenvalue weighted by molar-refractivity contribution is 6.26. The number of carbonyl (C=O) groups is 6. The van der Waals surface area contributed by atoms with Crippen LogP contribution in [0.5, 0.6) is 0 Å². The summed E-state index contributed by atoms with van der Waals surface area (Å²) < 4.78 is 19.1. The fraction of sp³-hybridized carbons (Fsp3) is 0.489. The summed E-state index contributed by atoms with van der Waals surface area (Å²) in [4.78, 5) is 97.2. The molecule has 4 aliphatic rings. The number of anilines is 4. The van der Waals surface area contributed by atoms with E-state index in [0.29, 0.717) is 43.9 Å². The van der Waals surface area contributed by atoms with Crippen LogP contribution in [0.25, 0.3) is 11.0 Å². The van der Waals surface area contributed by atoms with Crippen LogP contribution < -0.4 is 20.9 Å². The largest absolute Gasteiger partial charge is 0.379 e. The number of piperidine rings is 1. The van der Waals surface area contributed by atoms with Crippen molar-refractivity contribution in [1.29, 1.82) is 0 Å². The summed E-state index contributed by atoms with van der Waals surface area (Å²) in [5.41, 5.74) is 2.72. The van der Waals surface area contributed by atoms with E-state index in [4.69, 9.17) is 19.2 Å². The highest BCUT2D eigenvalue weighted by Gasteiger charge is 2.45. The third kappa shape index (κ3) is 10.5. The Morgan fingerprint density at radius 3 is 2.29 bits per heavy atom. The van der Waals surface area contributed by atoms with E-state index >= 15 is 0 Å². The smallest absolute Gasteiger partial charge is 0.270 e. The molecule has 6 amide bonds. The topological polar surface area (TPSA) is 223 Å². The van der Waals surface area contributed by atoms with Gasteiger partial charge in [0.1, 0.15) is 23.2 Å². The molecule has 20 heteroatoms. The molecule has 1 atom stereocenters. The molecule has 1 saturated carbocycles. The predicted octanol–water partition coefficient (Wildman–Crippen LogP) is 2.99. The van der Waals surface area contributed by atoms with Crippen molar-refractivity contribution in [3.05, 3.63) is 65.6 Å². The SMILES string of the molecule is CN(C)C(=O)c1cc2cnc(Nc3ccc(N4CCN(CCOCCOCCOCCC(=O)Nc5cccc6c5C(=O)N(C5CCC(=O)NC5=O)C6=O)CC4)cn3)nc2n1C1CCCC1. The predicted molar refractivity (Wildman–Crippen MR) is 238 cm³/mol. The number of amides is 6. The molecule has 3 aliphatic heterocycles. The van der Waals surface area contributed by atoms with Gasteiger partial charge in [0, 0.05) is 70.9 Å². The van der Waals surface area contributed by atoms with Gasteiger partial charge in [-0.2, -0.15) is 4.98 Å². The molecule has 2 saturated heterocycles. The Balaban J connectivity index is 0.678. The Hall–Kier alpha value is -6.35. The number of ether oxygens (including phenoxy) is 3. The summed E-state index contributed by atoms with van der Waals surface area (Å²) in [6, 6.07) is 9.57. The maximum atomic E-state index is 13.2. The van der Waals surface area contributed by atoms with E-state index in [0.717, 1.165) is 80.0 Å². The van der Waals surface area contributed by atoms with E-state index in [1.54, 1.807) is 31.3 Å². The number of fused-ring (bicyclic) bond motifs is 2. The molecule has 0 bridgehead atoms. The Morgan fingerprint density at radius 2 is 1.58 bits per heavy atom. The monoisotopic (exact) mass is 893 g/mol. The number of rotatable bonds is 19. The molecule has 1 aliphatic carbocycles. The van der Waals surface area contributed by atoms with Gasteiger partial charge in [0.05, 0.1) is 74.8 Å². The molecule has 6 heterocycles. The van der Waals surface area contributed by atoms with Gasteiger partial charge in [-0.1, -0.05) is 18.9 Å². The van der Waals surface area contributed by atoms with Crippen molar-refractivity contribution in [1.82, 2.24) is 39.5 Å². The van der Waals surface area contributed by atoms with Gasteiger partial charge in [0.25, 0.3) is 17.7 Å². The van der Waals surface area contributed by atoms with Gasteiger partial charge < -0.3 is 39.2 Å². The molecule has 4 aromatic rings. The number of nitrogens with zero attached hydrogens (tertiary/aromatic N) is 8. The summed E-state index contributed by atoms with van der Waals surface area (Å²) in [6.45, 7) is 6.52. The molecule has 3 fully saturated rings. The number of pyridine rings is 1. The highest BCUT2D eigenvalue weighted by atomic mass is 16.5. The van der Waals surface area contributed by atoms with Crippen LogP contribution in [0.15, 0.2) is 48.8 Å². The summed E-state index contributed by atoms with van der Waals surface area (Å²) in [5.74, 6) is -1.86. The van der Waals surface area contributed by atoms with E-state index in [9.17, 15) is 28.8 Å². The fourth-order valence-electron chi connectivity index (χ4n) is 8.72. The average molecular weight is 894 g/mol. The molecule has 3 N–H and O–H groups in total. The number of benzene rings is 1. The highest BCUT2D eigenvalue weighted by Crippen LogP contribution is 2.35. The zero-order chi connectivity index (χ0) is 45.5. The van der Waals surface area contributed by atoms with Crippen LogP contribution in [0.3, 0.4) is 0 Å². The first-order valence-electron chi connectivity index (χ1n) is 22.2. The summed E-state index contributed by atoms with van der Waals surface area (Å²) >= 11 is 0. The lowest BCUT2D eigenvalue weighted by Crippen LogP contribution is -2.54. The summed E-state index contributed by atoms with van der Waals surface area (Å²) in [7, 11) is 3.54. The Morgan fingerprint density at radius 1 is 0.846 bits per heavy atom. The maximum absolute atomic E-state index is 13.2. The first-order valence-corrected chi connectivity index (χ1v) is 22.2. The summed E-state index contributed by atoms with van der Waals surface area (Å²) in [6.07, 6.45) is 8.03. The fourth-order valence-corrected chi connectivity index (χ4v) is 8.72. The Bertz CT molecular complexity index is 2410. The van der Waals surface area contributed by atoms with Gasteiger partial charge >= 0.3 is 0 Å². The summed E-state index contributed by atoms with van der Waals surface area (Å²) in [5, 5.41) is 8.94. The molecule has 3 aromatic heterocycles. The van der Waals surface area contributed by atoms with E-state index in [1.165, 1.54) is 12.1 Å². The molecular formula is C45H55N11O9. The van der Waals surface area contributed by atoms with Gasteiger partial charge in [0.15, 0.2) is 0 Å². The zero-order valence-corrected chi connectivity index (χ0v) is 36.8. The van der Waals surface area contributed by atoms with Crippen LogP contribution in [-0.2, 0) is 28.6 Å². The minimum atomic E-state index is -1.09. The van der Waals surface area contributed by atoms with Crippen LogP contribution in [0.1, 0.15) is 82.2 Å². The second-order valence-electron chi connectivity index (χ2n) is 16.7. The third-order valence-corrected chi connectivity index (χ3v) is 12.1. The van der Waals surface area contributed by atoms with Crippen LogP contribution in [0.2, 0.25) is 0 Å². The van der Waals surface area contributed by atoms with Gasteiger partial charge in [-0.3, -0.25) is 43.9 Å². The van der Waals surface area contributed by atoms with Crippen LogP contribution >= 0.6 is 0 Å². The van der Waals surface area contributed by atoms with E-state index in [1.807, 2.05) is 18.3 Å². The number of piperazine rings is 1. The van der Waals surface area contributed by atoms with Crippen molar-refractivity contribution in [2.75, 3.05) is 102 Å². The minimum Gasteiger partial charge on any atom is -0.379 e. The minimum absolute atomic E-state index is 0.00891. The lowest BCUT2D eigenvalue weighted by molar-refractivity contribution is -0.136. The van der Waals surface area contributed by atoms with Gasteiger partial charge in [0.2, 0.25) is 23.7 Å². The van der Waals surface area contributed by atoms with Gasteiger partial charge in [-0.15, -0.1) is 0 Å².